The zero-order chi connectivity index (χ0) is 18.7. The second kappa shape index (κ2) is 7.67. The number of hydrogen-bond donors (Lipinski definition) is 0. The predicted octanol–water partition coefficient (Wildman–Crippen LogP) is 4.40. The summed E-state index contributed by atoms with van der Waals surface area (Å²) >= 11 is 6.47. The van der Waals surface area contributed by atoms with E-state index in [2.05, 4.69) is 0 Å². The molecule has 0 radical (unpaired) electrons. The first-order valence-corrected chi connectivity index (χ1v) is 8.97. The summed E-state index contributed by atoms with van der Waals surface area (Å²) in [6.07, 6.45) is 1.74. The Bertz CT molecular complexity index is 927. The van der Waals surface area contributed by atoms with Crippen molar-refractivity contribution in [3.05, 3.63) is 69.1 Å². The summed E-state index contributed by atoms with van der Waals surface area (Å²) in [7, 11) is 0. The van der Waals surface area contributed by atoms with Crippen LogP contribution in [0.2, 0.25) is 0 Å². The monoisotopic (exact) mass is 386 g/mol. The van der Waals surface area contributed by atoms with Crippen LogP contribution in [0.3, 0.4) is 0 Å². The number of anilines is 1. The number of carbonyl (C=O) groups is 1. The summed E-state index contributed by atoms with van der Waals surface area (Å²) in [6, 6.07) is 13.2. The molecule has 1 fully saturated rings. The molecule has 1 saturated heterocycles. The van der Waals surface area contributed by atoms with Crippen LogP contribution < -0.4 is 9.64 Å². The molecule has 0 unspecified atom stereocenters. The van der Waals surface area contributed by atoms with E-state index in [9.17, 15) is 14.9 Å². The quantitative estimate of drug-likeness (QED) is 0.328. The molecule has 1 aliphatic heterocycles. The number of non-ortho nitro benzene ring substituents is 1. The summed E-state index contributed by atoms with van der Waals surface area (Å²) < 4.78 is 5.80. The van der Waals surface area contributed by atoms with Gasteiger partial charge in [-0.05, 0) is 36.8 Å². The second-order valence-corrected chi connectivity index (χ2v) is 6.98. The van der Waals surface area contributed by atoms with Gasteiger partial charge in [-0.2, -0.15) is 0 Å². The van der Waals surface area contributed by atoms with Gasteiger partial charge in [0.2, 0.25) is 0 Å². The van der Waals surface area contributed by atoms with Gasteiger partial charge in [-0.25, -0.2) is 0 Å². The van der Waals surface area contributed by atoms with Gasteiger partial charge in [0.05, 0.1) is 22.1 Å². The van der Waals surface area contributed by atoms with Crippen LogP contribution in [-0.2, 0) is 4.79 Å². The molecule has 2 aromatic carbocycles. The summed E-state index contributed by atoms with van der Waals surface area (Å²) in [5.41, 5.74) is 1.11. The molecule has 0 bridgehead atoms. The van der Waals surface area contributed by atoms with Crippen LogP contribution in [0.4, 0.5) is 11.4 Å². The first-order valence-electron chi connectivity index (χ1n) is 7.75. The molecule has 1 aliphatic rings. The van der Waals surface area contributed by atoms with Gasteiger partial charge in [0.1, 0.15) is 5.75 Å². The Balaban J connectivity index is 1.90. The Morgan fingerprint density at radius 2 is 2.04 bits per heavy atom. The lowest BCUT2D eigenvalue weighted by Crippen LogP contribution is -2.27. The van der Waals surface area contributed by atoms with Crippen molar-refractivity contribution in [1.29, 1.82) is 0 Å². The molecule has 3 rings (SSSR count). The van der Waals surface area contributed by atoms with E-state index in [0.29, 0.717) is 21.5 Å². The van der Waals surface area contributed by atoms with E-state index in [1.54, 1.807) is 12.1 Å². The van der Waals surface area contributed by atoms with Gasteiger partial charge in [0.25, 0.3) is 11.6 Å². The molecule has 2 aromatic rings. The van der Waals surface area contributed by atoms with Crippen molar-refractivity contribution in [2.45, 2.75) is 6.92 Å². The lowest BCUT2D eigenvalue weighted by molar-refractivity contribution is -0.384. The van der Waals surface area contributed by atoms with E-state index in [0.717, 1.165) is 23.1 Å². The van der Waals surface area contributed by atoms with E-state index in [1.807, 2.05) is 31.2 Å². The second-order valence-electron chi connectivity index (χ2n) is 5.30. The highest BCUT2D eigenvalue weighted by Crippen LogP contribution is 2.37. The molecule has 1 amide bonds. The van der Waals surface area contributed by atoms with Crippen molar-refractivity contribution >= 4 is 51.7 Å². The van der Waals surface area contributed by atoms with Gasteiger partial charge >= 0.3 is 0 Å². The summed E-state index contributed by atoms with van der Waals surface area (Å²) in [6.45, 7) is 2.45. The highest BCUT2D eigenvalue weighted by atomic mass is 32.2. The Labute approximate surface area is 159 Å². The lowest BCUT2D eigenvalue weighted by atomic mass is 10.2. The standard InChI is InChI=1S/C18H14N2O4S2/c1-2-24-15-8-3-5-12(9-15)10-16-17(21)19(18(25)26-16)13-6-4-7-14(11-13)20(22)23/h3-11H,2H2,1H3/b16-10+. The molecule has 26 heavy (non-hydrogen) atoms. The molecular weight excluding hydrogens is 372 g/mol. The molecule has 1 heterocycles. The van der Waals surface area contributed by atoms with E-state index < -0.39 is 4.92 Å². The third-order valence-electron chi connectivity index (χ3n) is 3.56. The van der Waals surface area contributed by atoms with Crippen LogP contribution in [0.25, 0.3) is 6.08 Å². The van der Waals surface area contributed by atoms with Gasteiger partial charge in [-0.3, -0.25) is 19.8 Å². The average molecular weight is 386 g/mol. The smallest absolute Gasteiger partial charge is 0.271 e. The molecule has 132 valence electrons. The first kappa shape index (κ1) is 18.1. The predicted molar refractivity (Wildman–Crippen MR) is 106 cm³/mol. The van der Waals surface area contributed by atoms with E-state index in [1.165, 1.54) is 23.1 Å². The largest absolute Gasteiger partial charge is 0.494 e. The third kappa shape index (κ3) is 3.76. The van der Waals surface area contributed by atoms with Crippen molar-refractivity contribution in [3.63, 3.8) is 0 Å². The number of nitrogens with zero attached hydrogens (tertiary/aromatic N) is 2. The van der Waals surface area contributed by atoms with E-state index in [-0.39, 0.29) is 11.6 Å². The summed E-state index contributed by atoms with van der Waals surface area (Å²) in [5, 5.41) is 11.0. The van der Waals surface area contributed by atoms with Crippen LogP contribution in [0.1, 0.15) is 12.5 Å². The molecule has 0 aliphatic carbocycles. The number of rotatable bonds is 5. The number of amides is 1. The SMILES string of the molecule is CCOc1cccc(/C=C2/SC(=S)N(c3cccc([N+](=O)[O-])c3)C2=O)c1. The molecule has 0 atom stereocenters. The molecule has 0 N–H and O–H groups in total. The van der Waals surface area contributed by atoms with Crippen LogP contribution in [-0.4, -0.2) is 21.8 Å². The zero-order valence-electron chi connectivity index (χ0n) is 13.7. The third-order valence-corrected chi connectivity index (χ3v) is 4.86. The number of nitro benzene ring substituents is 1. The fraction of sp³-hybridized carbons (Fsp3) is 0.111. The Hall–Kier alpha value is -2.71. The highest BCUT2D eigenvalue weighted by molar-refractivity contribution is 8.27. The van der Waals surface area contributed by atoms with Crippen LogP contribution in [0, 0.1) is 10.1 Å². The number of thiocarbonyl (C=S) groups is 1. The van der Waals surface area contributed by atoms with Crippen LogP contribution in [0.5, 0.6) is 5.75 Å². The van der Waals surface area contributed by atoms with Crippen LogP contribution in [0.15, 0.2) is 53.4 Å². The highest BCUT2D eigenvalue weighted by Gasteiger charge is 2.33. The van der Waals surface area contributed by atoms with Crippen molar-refractivity contribution in [2.75, 3.05) is 11.5 Å². The van der Waals surface area contributed by atoms with Gasteiger partial charge < -0.3 is 4.74 Å². The molecule has 0 saturated carbocycles. The fourth-order valence-corrected chi connectivity index (χ4v) is 3.75. The topological polar surface area (TPSA) is 72.7 Å². The first-order chi connectivity index (χ1) is 12.5. The Morgan fingerprint density at radius 3 is 2.77 bits per heavy atom. The van der Waals surface area contributed by atoms with E-state index >= 15 is 0 Å². The Morgan fingerprint density at radius 1 is 1.27 bits per heavy atom. The number of thioether (sulfide) groups is 1. The maximum absolute atomic E-state index is 12.8. The van der Waals surface area contributed by atoms with Crippen molar-refractivity contribution < 1.29 is 14.5 Å². The minimum Gasteiger partial charge on any atom is -0.494 e. The molecule has 8 heteroatoms. The van der Waals surface area contributed by atoms with Gasteiger partial charge in [0, 0.05) is 12.1 Å². The summed E-state index contributed by atoms with van der Waals surface area (Å²) in [5.74, 6) is 0.415. The molecular formula is C18H14N2O4S2. The van der Waals surface area contributed by atoms with Crippen molar-refractivity contribution in [2.24, 2.45) is 0 Å². The van der Waals surface area contributed by atoms with Crippen molar-refractivity contribution in [1.82, 2.24) is 0 Å². The van der Waals surface area contributed by atoms with Crippen molar-refractivity contribution in [3.8, 4) is 5.75 Å². The molecule has 0 aromatic heterocycles. The number of ether oxygens (including phenoxy) is 1. The normalized spacial score (nSPS) is 15.6. The number of carbonyl (C=O) groups excluding carboxylic acids is 1. The van der Waals surface area contributed by atoms with Gasteiger partial charge in [-0.1, -0.05) is 42.2 Å². The maximum Gasteiger partial charge on any atom is 0.271 e. The number of benzene rings is 2. The van der Waals surface area contributed by atoms with E-state index in [4.69, 9.17) is 17.0 Å². The minimum absolute atomic E-state index is 0.0926. The average Bonchev–Trinajstić information content (AvgIpc) is 2.89. The van der Waals surface area contributed by atoms with Gasteiger partial charge in [0.15, 0.2) is 4.32 Å². The minimum atomic E-state index is -0.504. The maximum atomic E-state index is 12.8. The molecule has 6 nitrogen and oxygen atoms in total. The zero-order valence-corrected chi connectivity index (χ0v) is 15.4. The number of nitro groups is 1. The van der Waals surface area contributed by atoms with Gasteiger partial charge in [-0.15, -0.1) is 0 Å². The Kier molecular flexibility index (Phi) is 5.34. The summed E-state index contributed by atoms with van der Waals surface area (Å²) in [4.78, 5) is 25.0. The van der Waals surface area contributed by atoms with Crippen LogP contribution >= 0.6 is 24.0 Å². The molecule has 0 spiro atoms. The lowest BCUT2D eigenvalue weighted by Gasteiger charge is -2.13. The fourth-order valence-electron chi connectivity index (χ4n) is 2.45. The number of hydrogen-bond acceptors (Lipinski definition) is 6.